The second kappa shape index (κ2) is 6.85. The van der Waals surface area contributed by atoms with Crippen LogP contribution in [0.3, 0.4) is 0 Å². The maximum Gasteiger partial charge on any atom is 0.317 e. The first-order valence-electron chi connectivity index (χ1n) is 7.23. The minimum Gasteiger partial charge on any atom is -0.331 e. The van der Waals surface area contributed by atoms with Gasteiger partial charge >= 0.3 is 6.03 Å². The fourth-order valence-electron chi connectivity index (χ4n) is 2.46. The number of hydrogen-bond donors (Lipinski definition) is 1. The van der Waals surface area contributed by atoms with Crippen LogP contribution in [0.4, 0.5) is 4.79 Å². The van der Waals surface area contributed by atoms with E-state index in [0.29, 0.717) is 6.04 Å². The standard InChI is InChI=1S/C15H24N2OS2/c1-5-13-10(2)8-14(20-13)11(3)16-15(18)17(4)12-6-7-19-9-12/h8,11-12H,5-7,9H2,1-4H3,(H,16,18)/t11-,12+/m0/s1. The van der Waals surface area contributed by atoms with Gasteiger partial charge in [0.2, 0.25) is 0 Å². The van der Waals surface area contributed by atoms with E-state index in [2.05, 4.69) is 32.2 Å². The molecule has 2 heterocycles. The Labute approximate surface area is 130 Å². The quantitative estimate of drug-likeness (QED) is 0.916. The number of thiophene rings is 1. The summed E-state index contributed by atoms with van der Waals surface area (Å²) in [6.07, 6.45) is 2.18. The zero-order valence-electron chi connectivity index (χ0n) is 12.7. The molecule has 20 heavy (non-hydrogen) atoms. The van der Waals surface area contributed by atoms with E-state index >= 15 is 0 Å². The monoisotopic (exact) mass is 312 g/mol. The Kier molecular flexibility index (Phi) is 5.38. The van der Waals surface area contributed by atoms with Crippen LogP contribution in [-0.4, -0.2) is 35.5 Å². The molecule has 3 nitrogen and oxygen atoms in total. The molecule has 1 aromatic rings. The second-order valence-electron chi connectivity index (χ2n) is 5.41. The molecular formula is C15H24N2OS2. The van der Waals surface area contributed by atoms with E-state index in [1.807, 2.05) is 35.0 Å². The molecule has 1 fully saturated rings. The van der Waals surface area contributed by atoms with Crippen LogP contribution in [0.2, 0.25) is 0 Å². The summed E-state index contributed by atoms with van der Waals surface area (Å²) in [6, 6.07) is 2.74. The highest BCUT2D eigenvalue weighted by Crippen LogP contribution is 2.28. The summed E-state index contributed by atoms with van der Waals surface area (Å²) in [5, 5.41) is 3.13. The number of urea groups is 1. The van der Waals surface area contributed by atoms with Crippen LogP contribution in [0.25, 0.3) is 0 Å². The van der Waals surface area contributed by atoms with E-state index in [1.54, 1.807) is 0 Å². The van der Waals surface area contributed by atoms with Crippen LogP contribution in [-0.2, 0) is 6.42 Å². The SMILES string of the molecule is CCc1sc([C@H](C)NC(=O)N(C)[C@@H]2CCSC2)cc1C. The highest BCUT2D eigenvalue weighted by Gasteiger charge is 2.25. The molecule has 0 spiro atoms. The molecule has 0 bridgehead atoms. The summed E-state index contributed by atoms with van der Waals surface area (Å²) >= 11 is 3.75. The summed E-state index contributed by atoms with van der Waals surface area (Å²) in [5.74, 6) is 2.23. The highest BCUT2D eigenvalue weighted by atomic mass is 32.2. The molecular weight excluding hydrogens is 288 g/mol. The molecule has 0 aromatic carbocycles. The Hall–Kier alpha value is -0.680. The lowest BCUT2D eigenvalue weighted by molar-refractivity contribution is 0.192. The van der Waals surface area contributed by atoms with E-state index < -0.39 is 0 Å². The molecule has 2 rings (SSSR count). The Balaban J connectivity index is 1.95. The lowest BCUT2D eigenvalue weighted by Crippen LogP contribution is -2.44. The van der Waals surface area contributed by atoms with Crippen LogP contribution in [0, 0.1) is 6.92 Å². The molecule has 0 unspecified atom stereocenters. The molecule has 2 amide bonds. The molecule has 0 saturated carbocycles. The topological polar surface area (TPSA) is 32.3 Å². The van der Waals surface area contributed by atoms with E-state index in [9.17, 15) is 4.79 Å². The molecule has 1 N–H and O–H groups in total. The Morgan fingerprint density at radius 1 is 1.60 bits per heavy atom. The predicted molar refractivity (Wildman–Crippen MR) is 88.9 cm³/mol. The molecule has 2 atom stereocenters. The highest BCUT2D eigenvalue weighted by molar-refractivity contribution is 7.99. The summed E-state index contributed by atoms with van der Waals surface area (Å²) in [7, 11) is 1.91. The Morgan fingerprint density at radius 2 is 2.35 bits per heavy atom. The zero-order chi connectivity index (χ0) is 14.7. The van der Waals surface area contributed by atoms with Gasteiger partial charge in [-0.25, -0.2) is 4.79 Å². The first kappa shape index (κ1) is 15.7. The normalized spacial score (nSPS) is 19.9. The minimum atomic E-state index is 0.0501. The van der Waals surface area contributed by atoms with Gasteiger partial charge in [0.15, 0.2) is 0 Å². The number of aryl methyl sites for hydroxylation is 2. The average molecular weight is 313 g/mol. The van der Waals surface area contributed by atoms with Crippen molar-refractivity contribution in [3.63, 3.8) is 0 Å². The van der Waals surface area contributed by atoms with Crippen LogP contribution in [0.1, 0.15) is 41.6 Å². The van der Waals surface area contributed by atoms with Gasteiger partial charge in [0.25, 0.3) is 0 Å². The van der Waals surface area contributed by atoms with E-state index in [0.717, 1.165) is 18.6 Å². The van der Waals surface area contributed by atoms with Crippen molar-refractivity contribution >= 4 is 29.1 Å². The molecule has 1 aliphatic rings. The number of hydrogen-bond acceptors (Lipinski definition) is 3. The number of carbonyl (C=O) groups is 1. The van der Waals surface area contributed by atoms with E-state index in [1.165, 1.54) is 21.1 Å². The molecule has 0 aliphatic carbocycles. The van der Waals surface area contributed by atoms with Crippen molar-refractivity contribution in [1.29, 1.82) is 0 Å². The number of nitrogens with zero attached hydrogens (tertiary/aromatic N) is 1. The fourth-order valence-corrected chi connectivity index (χ4v) is 4.85. The predicted octanol–water partition coefficient (Wildman–Crippen LogP) is 3.83. The first-order valence-corrected chi connectivity index (χ1v) is 9.20. The van der Waals surface area contributed by atoms with Gasteiger partial charge in [0.1, 0.15) is 0 Å². The fraction of sp³-hybridized carbons (Fsp3) is 0.667. The van der Waals surface area contributed by atoms with Crippen LogP contribution >= 0.6 is 23.1 Å². The number of rotatable bonds is 4. The summed E-state index contributed by atoms with van der Waals surface area (Å²) in [5.41, 5.74) is 1.34. The van der Waals surface area contributed by atoms with Crippen molar-refractivity contribution in [3.05, 3.63) is 21.4 Å². The number of carbonyl (C=O) groups excluding carboxylic acids is 1. The van der Waals surface area contributed by atoms with Gasteiger partial charge in [0, 0.05) is 28.6 Å². The van der Waals surface area contributed by atoms with Gasteiger partial charge in [-0.05, 0) is 44.1 Å². The van der Waals surface area contributed by atoms with Crippen molar-refractivity contribution in [2.24, 2.45) is 0 Å². The number of nitrogens with one attached hydrogen (secondary N) is 1. The van der Waals surface area contributed by atoms with E-state index in [-0.39, 0.29) is 12.1 Å². The van der Waals surface area contributed by atoms with Crippen molar-refractivity contribution < 1.29 is 4.79 Å². The third-order valence-corrected chi connectivity index (χ3v) is 6.61. The maximum absolute atomic E-state index is 12.3. The molecule has 0 radical (unpaired) electrons. The largest absolute Gasteiger partial charge is 0.331 e. The van der Waals surface area contributed by atoms with Crippen molar-refractivity contribution in [2.45, 2.75) is 45.7 Å². The van der Waals surface area contributed by atoms with Crippen LogP contribution in [0.15, 0.2) is 6.07 Å². The van der Waals surface area contributed by atoms with Gasteiger partial charge in [-0.15, -0.1) is 11.3 Å². The van der Waals surface area contributed by atoms with Gasteiger partial charge in [-0.3, -0.25) is 0 Å². The molecule has 1 saturated heterocycles. The summed E-state index contributed by atoms with van der Waals surface area (Å²) in [6.45, 7) is 6.40. The number of thioether (sulfide) groups is 1. The minimum absolute atomic E-state index is 0.0501. The van der Waals surface area contributed by atoms with Crippen LogP contribution < -0.4 is 5.32 Å². The van der Waals surface area contributed by atoms with Crippen molar-refractivity contribution in [2.75, 3.05) is 18.6 Å². The molecule has 1 aromatic heterocycles. The lowest BCUT2D eigenvalue weighted by atomic mass is 10.2. The average Bonchev–Trinajstić information content (AvgIpc) is 3.06. The molecule has 112 valence electrons. The molecule has 1 aliphatic heterocycles. The second-order valence-corrected chi connectivity index (χ2v) is 7.73. The summed E-state index contributed by atoms with van der Waals surface area (Å²) in [4.78, 5) is 16.8. The Bertz CT molecular complexity index is 466. The van der Waals surface area contributed by atoms with Crippen molar-refractivity contribution in [3.8, 4) is 0 Å². The lowest BCUT2D eigenvalue weighted by Gasteiger charge is -2.25. The van der Waals surface area contributed by atoms with Gasteiger partial charge in [-0.2, -0.15) is 11.8 Å². The third kappa shape index (κ3) is 3.50. The molecule has 5 heteroatoms. The zero-order valence-corrected chi connectivity index (χ0v) is 14.4. The van der Waals surface area contributed by atoms with Crippen LogP contribution in [0.5, 0.6) is 0 Å². The van der Waals surface area contributed by atoms with Crippen molar-refractivity contribution in [1.82, 2.24) is 10.2 Å². The third-order valence-electron chi connectivity index (χ3n) is 3.90. The summed E-state index contributed by atoms with van der Waals surface area (Å²) < 4.78 is 0. The van der Waals surface area contributed by atoms with Gasteiger partial charge in [-0.1, -0.05) is 6.92 Å². The number of amides is 2. The smallest absolute Gasteiger partial charge is 0.317 e. The van der Waals surface area contributed by atoms with Gasteiger partial charge in [0.05, 0.1) is 6.04 Å². The Morgan fingerprint density at radius 3 is 2.90 bits per heavy atom. The van der Waals surface area contributed by atoms with Gasteiger partial charge < -0.3 is 10.2 Å². The first-order chi connectivity index (χ1) is 9.52. The maximum atomic E-state index is 12.3. The van der Waals surface area contributed by atoms with E-state index in [4.69, 9.17) is 0 Å².